The van der Waals surface area contributed by atoms with E-state index in [4.69, 9.17) is 5.11 Å². The smallest absolute Gasteiger partial charge is 0.422 e. The van der Waals surface area contributed by atoms with Crippen molar-refractivity contribution in [1.29, 1.82) is 0 Å². The minimum absolute atomic E-state index is 0.0431. The predicted octanol–water partition coefficient (Wildman–Crippen LogP) is 3.69. The molecule has 0 saturated heterocycles. The van der Waals surface area contributed by atoms with Gasteiger partial charge in [-0.2, -0.15) is 18.3 Å². The number of non-ortho nitro benzene ring substituents is 1. The molecule has 204 valence electrons. The van der Waals surface area contributed by atoms with Crippen LogP contribution in [0.25, 0.3) is 10.9 Å². The van der Waals surface area contributed by atoms with Gasteiger partial charge in [0.05, 0.1) is 16.1 Å². The van der Waals surface area contributed by atoms with Gasteiger partial charge in [-0.15, -0.1) is 0 Å². The number of aliphatic hydroxyl groups is 1. The van der Waals surface area contributed by atoms with E-state index < -0.39 is 34.8 Å². The van der Waals surface area contributed by atoms with E-state index in [0.717, 1.165) is 11.6 Å². The number of hydrogen-bond donors (Lipinski definition) is 2. The van der Waals surface area contributed by atoms with E-state index in [-0.39, 0.29) is 49.2 Å². The van der Waals surface area contributed by atoms with Crippen molar-refractivity contribution in [3.8, 4) is 0 Å². The average Bonchev–Trinajstić information content (AvgIpc) is 3.43. The summed E-state index contributed by atoms with van der Waals surface area (Å²) in [5, 5.41) is 36.1. The molecule has 2 aromatic carbocycles. The van der Waals surface area contributed by atoms with Crippen LogP contribution in [0, 0.1) is 10.1 Å². The molecule has 1 aliphatic rings. The molecule has 0 bridgehead atoms. The molecule has 1 unspecified atom stereocenters. The van der Waals surface area contributed by atoms with Crippen LogP contribution in [0.3, 0.4) is 0 Å². The maximum Gasteiger partial charge on any atom is 0.422 e. The number of carboxylic acid groups (broad SMARTS) is 1. The van der Waals surface area contributed by atoms with Crippen LogP contribution in [0.15, 0.2) is 60.9 Å². The van der Waals surface area contributed by atoms with Crippen molar-refractivity contribution in [2.24, 2.45) is 0 Å². The van der Waals surface area contributed by atoms with Gasteiger partial charge in [-0.1, -0.05) is 30.3 Å². The first kappa shape index (κ1) is 26.4. The maximum absolute atomic E-state index is 14.7. The van der Waals surface area contributed by atoms with Crippen LogP contribution in [0.5, 0.6) is 0 Å². The van der Waals surface area contributed by atoms with Gasteiger partial charge in [0.25, 0.3) is 5.69 Å². The van der Waals surface area contributed by atoms with Crippen molar-refractivity contribution in [3.63, 3.8) is 0 Å². The number of fused-ring (bicyclic) bond motifs is 2. The summed E-state index contributed by atoms with van der Waals surface area (Å²) in [5.41, 5.74) is -1.81. The third-order valence-corrected chi connectivity index (χ3v) is 6.92. The number of nitro groups is 1. The summed E-state index contributed by atoms with van der Waals surface area (Å²) < 4.78 is 46.8. The molecule has 0 saturated carbocycles. The van der Waals surface area contributed by atoms with Crippen molar-refractivity contribution in [2.75, 3.05) is 13.1 Å². The van der Waals surface area contributed by atoms with Crippen molar-refractivity contribution in [3.05, 3.63) is 93.4 Å². The van der Waals surface area contributed by atoms with Gasteiger partial charge in [0.2, 0.25) is 5.60 Å². The molecule has 5 rings (SSSR count). The zero-order valence-electron chi connectivity index (χ0n) is 20.5. The quantitative estimate of drug-likeness (QED) is 0.256. The van der Waals surface area contributed by atoms with Crippen LogP contribution >= 0.6 is 0 Å². The Balaban J connectivity index is 1.54. The average molecular weight is 544 g/mol. The molecule has 0 amide bonds. The molecule has 39 heavy (non-hydrogen) atoms. The standard InChI is InChI=1S/C26H24F3N5O5/c27-26(28,29)25(37,16-31-9-8-22-18(12-31)13-33(30-22)15-24(35)36)21-14-32(11-17-4-2-1-3-5-17)23-10-19(34(38)39)6-7-20(21)23/h1-7,10,13-14,37H,8-9,11-12,15-16H2,(H,35,36). The molecule has 10 nitrogen and oxygen atoms in total. The van der Waals surface area contributed by atoms with Crippen LogP contribution in [-0.4, -0.2) is 59.6 Å². The molecule has 2 aromatic heterocycles. The zero-order valence-corrected chi connectivity index (χ0v) is 20.5. The van der Waals surface area contributed by atoms with E-state index >= 15 is 0 Å². The molecule has 1 aliphatic heterocycles. The molecule has 0 aliphatic carbocycles. The van der Waals surface area contributed by atoms with E-state index in [2.05, 4.69) is 5.10 Å². The minimum atomic E-state index is -5.07. The van der Waals surface area contributed by atoms with Crippen LogP contribution in [0.4, 0.5) is 18.9 Å². The third kappa shape index (κ3) is 5.10. The SMILES string of the molecule is O=C(O)Cn1cc2c(n1)CCN(CC(O)(c1cn(Cc3ccccc3)c3cc([N+](=O)[O-])ccc13)C(F)(F)F)C2. The summed E-state index contributed by atoms with van der Waals surface area (Å²) in [6, 6.07) is 12.5. The summed E-state index contributed by atoms with van der Waals surface area (Å²) in [7, 11) is 0. The van der Waals surface area contributed by atoms with Gasteiger partial charge in [-0.05, 0) is 11.6 Å². The summed E-state index contributed by atoms with van der Waals surface area (Å²) >= 11 is 0. The summed E-state index contributed by atoms with van der Waals surface area (Å²) in [5.74, 6) is -1.09. The molecule has 3 heterocycles. The van der Waals surface area contributed by atoms with E-state index in [0.29, 0.717) is 11.3 Å². The molecule has 0 radical (unpaired) electrons. The monoisotopic (exact) mass is 543 g/mol. The van der Waals surface area contributed by atoms with E-state index in [9.17, 15) is 33.2 Å². The topological polar surface area (TPSA) is 127 Å². The fraction of sp³-hybridized carbons (Fsp3) is 0.308. The van der Waals surface area contributed by atoms with E-state index in [1.807, 2.05) is 0 Å². The van der Waals surface area contributed by atoms with Crippen LogP contribution in [-0.2, 0) is 36.5 Å². The van der Waals surface area contributed by atoms with Gasteiger partial charge in [-0.3, -0.25) is 24.5 Å². The van der Waals surface area contributed by atoms with Crippen molar-refractivity contribution in [2.45, 2.75) is 37.8 Å². The van der Waals surface area contributed by atoms with Crippen molar-refractivity contribution in [1.82, 2.24) is 19.2 Å². The number of benzene rings is 2. The summed E-state index contributed by atoms with van der Waals surface area (Å²) in [4.78, 5) is 23.3. The normalized spacial score (nSPS) is 15.7. The Hall–Kier alpha value is -4.23. The number of carboxylic acids is 1. The second kappa shape index (κ2) is 9.82. The largest absolute Gasteiger partial charge is 0.480 e. The van der Waals surface area contributed by atoms with Gasteiger partial charge < -0.3 is 14.8 Å². The predicted molar refractivity (Wildman–Crippen MR) is 133 cm³/mol. The van der Waals surface area contributed by atoms with Crippen LogP contribution in [0.1, 0.15) is 22.4 Å². The number of carbonyl (C=O) groups is 1. The Morgan fingerprint density at radius 1 is 1.13 bits per heavy atom. The molecule has 1 atom stereocenters. The lowest BCUT2D eigenvalue weighted by Crippen LogP contribution is -2.51. The van der Waals surface area contributed by atoms with Gasteiger partial charge in [0.1, 0.15) is 6.54 Å². The Labute approximate surface area is 219 Å². The Morgan fingerprint density at radius 2 is 1.87 bits per heavy atom. The lowest BCUT2D eigenvalue weighted by atomic mass is 9.91. The second-order valence-electron chi connectivity index (χ2n) is 9.63. The van der Waals surface area contributed by atoms with Gasteiger partial charge in [0, 0.05) is 73.6 Å². The molecule has 2 N–H and O–H groups in total. The fourth-order valence-electron chi connectivity index (χ4n) is 5.07. The molecular formula is C26H24F3N5O5. The first-order valence-electron chi connectivity index (χ1n) is 12.0. The summed E-state index contributed by atoms with van der Waals surface area (Å²) in [6.07, 6.45) is -2.07. The van der Waals surface area contributed by atoms with Gasteiger partial charge in [0.15, 0.2) is 0 Å². The number of aromatic nitrogens is 3. The van der Waals surface area contributed by atoms with Gasteiger partial charge >= 0.3 is 12.1 Å². The van der Waals surface area contributed by atoms with Crippen LogP contribution in [0.2, 0.25) is 0 Å². The summed E-state index contributed by atoms with van der Waals surface area (Å²) in [6.45, 7) is -0.804. The Bertz CT molecular complexity index is 1550. The lowest BCUT2D eigenvalue weighted by Gasteiger charge is -2.37. The number of aliphatic carboxylic acids is 1. The molecule has 13 heteroatoms. The molecule has 0 fully saturated rings. The number of hydrogen-bond acceptors (Lipinski definition) is 6. The first-order chi connectivity index (χ1) is 18.4. The van der Waals surface area contributed by atoms with Crippen molar-refractivity contribution >= 4 is 22.6 Å². The van der Waals surface area contributed by atoms with E-state index in [1.54, 1.807) is 30.3 Å². The second-order valence-corrected chi connectivity index (χ2v) is 9.63. The van der Waals surface area contributed by atoms with E-state index in [1.165, 1.54) is 38.7 Å². The number of halogens is 3. The number of nitro benzene ring substituents is 1. The third-order valence-electron chi connectivity index (χ3n) is 6.92. The van der Waals surface area contributed by atoms with Crippen LogP contribution < -0.4 is 0 Å². The van der Waals surface area contributed by atoms with Gasteiger partial charge in [-0.25, -0.2) is 0 Å². The maximum atomic E-state index is 14.7. The number of alkyl halides is 3. The Kier molecular flexibility index (Phi) is 6.64. The highest BCUT2D eigenvalue weighted by atomic mass is 19.4. The number of nitrogens with zero attached hydrogens (tertiary/aromatic N) is 5. The molecule has 0 spiro atoms. The fourth-order valence-corrected chi connectivity index (χ4v) is 5.07. The number of rotatable bonds is 8. The Morgan fingerprint density at radius 3 is 2.54 bits per heavy atom. The molecular weight excluding hydrogens is 519 g/mol. The number of β-amino-alcohol motifs (C(OH)–C–C–N with tert-alkyl or cyclic N) is 1. The zero-order chi connectivity index (χ0) is 27.9. The highest BCUT2D eigenvalue weighted by Gasteiger charge is 2.57. The highest BCUT2D eigenvalue weighted by Crippen LogP contribution is 2.44. The molecule has 4 aromatic rings. The highest BCUT2D eigenvalue weighted by molar-refractivity contribution is 5.87. The minimum Gasteiger partial charge on any atom is -0.480 e. The van der Waals surface area contributed by atoms with Crippen molar-refractivity contribution < 1.29 is 33.1 Å². The first-order valence-corrected chi connectivity index (χ1v) is 12.0. The lowest BCUT2D eigenvalue weighted by molar-refractivity contribution is -0.384.